The molecular formula is C35H34FNO4S. The highest BCUT2D eigenvalue weighted by Crippen LogP contribution is 2.47. The molecule has 0 aliphatic heterocycles. The summed E-state index contributed by atoms with van der Waals surface area (Å²) in [6, 6.07) is 29.8. The zero-order chi connectivity index (χ0) is 29.9. The third kappa shape index (κ3) is 6.02. The fraction of sp³-hybridized carbons (Fsp3) is 0.229. The Morgan fingerprint density at radius 1 is 0.905 bits per heavy atom. The van der Waals surface area contributed by atoms with Gasteiger partial charge in [0.2, 0.25) is 0 Å². The van der Waals surface area contributed by atoms with E-state index in [0.717, 1.165) is 39.0 Å². The molecule has 0 bridgehead atoms. The first kappa shape index (κ1) is 29.3. The van der Waals surface area contributed by atoms with Crippen LogP contribution in [0, 0.1) is 5.82 Å². The Balaban J connectivity index is 1.82. The van der Waals surface area contributed by atoms with Crippen molar-refractivity contribution in [3.8, 4) is 22.6 Å². The van der Waals surface area contributed by atoms with Crippen molar-refractivity contribution in [3.63, 3.8) is 0 Å². The number of nitrogens with zero attached hydrogens (tertiary/aromatic N) is 1. The monoisotopic (exact) mass is 583 g/mol. The van der Waals surface area contributed by atoms with Crippen molar-refractivity contribution in [2.24, 2.45) is 0 Å². The Morgan fingerprint density at radius 3 is 2.24 bits per heavy atom. The standard InChI is InChI=1S/C35H34FNO4S/c1-35(2,21-22-42(4)39)33-31(25-13-15-26(16-14-25)34(38)40-3)32-29(37(33)28-19-17-27(36)18-20-28)11-8-12-30(32)41-23-24-9-6-5-7-10-24/h5-20H,21-23H2,1-4H3. The Bertz CT molecular complexity index is 1730. The lowest BCUT2D eigenvalue weighted by atomic mass is 9.81. The summed E-state index contributed by atoms with van der Waals surface area (Å²) in [5.41, 5.74) is 5.57. The molecule has 5 nitrogen and oxygen atoms in total. The van der Waals surface area contributed by atoms with E-state index >= 15 is 0 Å². The number of carbonyl (C=O) groups excluding carboxylic acids is 1. The Kier molecular flexibility index (Phi) is 8.59. The predicted molar refractivity (Wildman–Crippen MR) is 167 cm³/mol. The normalized spacial score (nSPS) is 12.3. The first-order valence-electron chi connectivity index (χ1n) is 13.8. The van der Waals surface area contributed by atoms with Crippen LogP contribution in [0.4, 0.5) is 4.39 Å². The minimum Gasteiger partial charge on any atom is -0.488 e. The van der Waals surface area contributed by atoms with Crippen LogP contribution in [0.25, 0.3) is 27.7 Å². The van der Waals surface area contributed by atoms with Crippen molar-refractivity contribution >= 4 is 27.7 Å². The predicted octanol–water partition coefficient (Wildman–Crippen LogP) is 7.85. The molecule has 0 amide bonds. The smallest absolute Gasteiger partial charge is 0.337 e. The number of ether oxygens (including phenoxy) is 2. The summed E-state index contributed by atoms with van der Waals surface area (Å²) in [7, 11) is 0.380. The van der Waals surface area contributed by atoms with Crippen LogP contribution >= 0.6 is 0 Å². The summed E-state index contributed by atoms with van der Waals surface area (Å²) >= 11 is 0. The molecule has 0 spiro atoms. The highest BCUT2D eigenvalue weighted by atomic mass is 32.2. The van der Waals surface area contributed by atoms with Gasteiger partial charge in [-0.3, -0.25) is 4.21 Å². The van der Waals surface area contributed by atoms with Crippen molar-refractivity contribution in [2.75, 3.05) is 19.1 Å². The number of esters is 1. The van der Waals surface area contributed by atoms with Gasteiger partial charge in [0.1, 0.15) is 18.2 Å². The van der Waals surface area contributed by atoms with E-state index in [-0.39, 0.29) is 5.82 Å². The molecule has 0 aliphatic rings. The first-order valence-corrected chi connectivity index (χ1v) is 15.5. The van der Waals surface area contributed by atoms with Crippen LogP contribution in [-0.4, -0.2) is 33.9 Å². The summed E-state index contributed by atoms with van der Waals surface area (Å²) in [6.07, 6.45) is 2.37. The first-order chi connectivity index (χ1) is 20.2. The maximum Gasteiger partial charge on any atom is 0.337 e. The molecule has 1 atom stereocenters. The van der Waals surface area contributed by atoms with Crippen molar-refractivity contribution in [2.45, 2.75) is 32.3 Å². The molecule has 0 saturated carbocycles. The Hall–Kier alpha value is -4.23. The number of rotatable bonds is 10. The number of hydrogen-bond donors (Lipinski definition) is 0. The number of benzene rings is 4. The lowest BCUT2D eigenvalue weighted by Gasteiger charge is -2.29. The van der Waals surface area contributed by atoms with Crippen molar-refractivity contribution in [1.82, 2.24) is 4.57 Å². The molecular weight excluding hydrogens is 549 g/mol. The topological polar surface area (TPSA) is 57.5 Å². The van der Waals surface area contributed by atoms with Gasteiger partial charge in [0, 0.05) is 45.2 Å². The van der Waals surface area contributed by atoms with E-state index in [1.165, 1.54) is 19.2 Å². The van der Waals surface area contributed by atoms with Gasteiger partial charge in [-0.15, -0.1) is 0 Å². The summed E-state index contributed by atoms with van der Waals surface area (Å²) in [4.78, 5) is 12.2. The van der Waals surface area contributed by atoms with Crippen LogP contribution in [0.5, 0.6) is 5.75 Å². The second kappa shape index (κ2) is 12.3. The number of methoxy groups -OCH3 is 1. The highest BCUT2D eigenvalue weighted by molar-refractivity contribution is 7.84. The molecule has 1 aromatic heterocycles. The fourth-order valence-electron chi connectivity index (χ4n) is 5.35. The summed E-state index contributed by atoms with van der Waals surface area (Å²) < 4.78 is 39.9. The zero-order valence-electron chi connectivity index (χ0n) is 24.2. The second-order valence-corrected chi connectivity index (χ2v) is 12.5. The quantitative estimate of drug-likeness (QED) is 0.157. The Labute approximate surface area is 248 Å². The zero-order valence-corrected chi connectivity index (χ0v) is 25.0. The second-order valence-electron chi connectivity index (χ2n) is 10.9. The number of fused-ring (bicyclic) bond motifs is 1. The van der Waals surface area contributed by atoms with Crippen molar-refractivity contribution in [1.29, 1.82) is 0 Å². The minimum atomic E-state index is -0.982. The van der Waals surface area contributed by atoms with Gasteiger partial charge in [0.15, 0.2) is 0 Å². The van der Waals surface area contributed by atoms with Gasteiger partial charge in [-0.05, 0) is 66.1 Å². The molecule has 216 valence electrons. The molecule has 0 radical (unpaired) electrons. The average molecular weight is 584 g/mol. The lowest BCUT2D eigenvalue weighted by molar-refractivity contribution is 0.0600. The van der Waals surface area contributed by atoms with E-state index in [1.807, 2.05) is 60.7 Å². The molecule has 0 aliphatic carbocycles. The molecule has 0 fully saturated rings. The fourth-order valence-corrected chi connectivity index (χ4v) is 6.15. The maximum absolute atomic E-state index is 14.1. The van der Waals surface area contributed by atoms with E-state index < -0.39 is 22.2 Å². The molecule has 1 unspecified atom stereocenters. The maximum atomic E-state index is 14.1. The van der Waals surface area contributed by atoms with E-state index in [4.69, 9.17) is 9.47 Å². The molecule has 42 heavy (non-hydrogen) atoms. The van der Waals surface area contributed by atoms with E-state index in [1.54, 1.807) is 30.5 Å². The molecule has 1 heterocycles. The van der Waals surface area contributed by atoms with Gasteiger partial charge >= 0.3 is 5.97 Å². The summed E-state index contributed by atoms with van der Waals surface area (Å²) in [5.74, 6) is 0.507. The lowest BCUT2D eigenvalue weighted by Crippen LogP contribution is -2.24. The number of hydrogen-bond acceptors (Lipinski definition) is 4. The average Bonchev–Trinajstić information content (AvgIpc) is 3.36. The molecule has 5 aromatic rings. The number of aromatic nitrogens is 1. The van der Waals surface area contributed by atoms with Gasteiger partial charge in [0.05, 0.1) is 23.6 Å². The SMILES string of the molecule is COC(=O)c1ccc(-c2c(C(C)(C)CCS(C)=O)n(-c3ccc(F)cc3)c3cccc(OCc4ccccc4)c23)cc1. The van der Waals surface area contributed by atoms with Crippen LogP contribution in [0.1, 0.15) is 41.9 Å². The minimum absolute atomic E-state index is 0.317. The van der Waals surface area contributed by atoms with E-state index in [9.17, 15) is 13.4 Å². The summed E-state index contributed by atoms with van der Waals surface area (Å²) in [5, 5.41) is 0.907. The Morgan fingerprint density at radius 2 is 1.60 bits per heavy atom. The van der Waals surface area contributed by atoms with Gasteiger partial charge in [-0.1, -0.05) is 62.4 Å². The number of halogens is 1. The van der Waals surface area contributed by atoms with Gasteiger partial charge in [-0.25, -0.2) is 9.18 Å². The third-order valence-corrected chi connectivity index (χ3v) is 8.31. The highest BCUT2D eigenvalue weighted by Gasteiger charge is 2.33. The van der Waals surface area contributed by atoms with Crippen LogP contribution in [0.15, 0.2) is 97.1 Å². The van der Waals surface area contributed by atoms with E-state index in [0.29, 0.717) is 30.1 Å². The third-order valence-electron chi connectivity index (χ3n) is 7.53. The summed E-state index contributed by atoms with van der Waals surface area (Å²) in [6.45, 7) is 4.67. The van der Waals surface area contributed by atoms with Crippen LogP contribution < -0.4 is 4.74 Å². The molecule has 0 saturated heterocycles. The van der Waals surface area contributed by atoms with Gasteiger partial charge < -0.3 is 14.0 Å². The molecule has 4 aromatic carbocycles. The van der Waals surface area contributed by atoms with Crippen LogP contribution in [0.3, 0.4) is 0 Å². The van der Waals surface area contributed by atoms with Crippen molar-refractivity contribution in [3.05, 3.63) is 120 Å². The number of carbonyl (C=O) groups is 1. The van der Waals surface area contributed by atoms with Gasteiger partial charge in [-0.2, -0.15) is 0 Å². The van der Waals surface area contributed by atoms with Gasteiger partial charge in [0.25, 0.3) is 0 Å². The largest absolute Gasteiger partial charge is 0.488 e. The molecule has 5 rings (SSSR count). The molecule has 7 heteroatoms. The van der Waals surface area contributed by atoms with Crippen LogP contribution in [0.2, 0.25) is 0 Å². The van der Waals surface area contributed by atoms with E-state index in [2.05, 4.69) is 18.4 Å². The molecule has 0 N–H and O–H groups in total. The van der Waals surface area contributed by atoms with Crippen molar-refractivity contribution < 1.29 is 22.9 Å². The van der Waals surface area contributed by atoms with Crippen LogP contribution in [-0.2, 0) is 27.6 Å².